The van der Waals surface area contributed by atoms with Gasteiger partial charge in [0.2, 0.25) is 5.91 Å². The normalized spacial score (nSPS) is 11.5. The van der Waals surface area contributed by atoms with Crippen LogP contribution in [0.5, 0.6) is 11.5 Å². The zero-order valence-corrected chi connectivity index (χ0v) is 21.9. The largest absolute Gasteiger partial charge is 0.493 e. The Morgan fingerprint density at radius 2 is 1.73 bits per heavy atom. The topological polar surface area (TPSA) is 89.6 Å². The fraction of sp³-hybridized carbons (Fsp3) is 0.148. The van der Waals surface area contributed by atoms with Gasteiger partial charge in [-0.3, -0.25) is 9.59 Å². The fourth-order valence-electron chi connectivity index (χ4n) is 3.38. The van der Waals surface area contributed by atoms with Crippen LogP contribution in [-0.4, -0.2) is 36.3 Å². The highest BCUT2D eigenvalue weighted by Crippen LogP contribution is 2.34. The van der Waals surface area contributed by atoms with Crippen LogP contribution >= 0.6 is 23.1 Å². The summed E-state index contributed by atoms with van der Waals surface area (Å²) in [4.78, 5) is 30.6. The molecule has 0 bridgehead atoms. The lowest BCUT2D eigenvalue weighted by Gasteiger charge is -2.12. The molecule has 0 spiro atoms. The maximum Gasteiger partial charge on any atom is 0.255 e. The molecule has 0 saturated carbocycles. The molecule has 2 N–H and O–H groups in total. The van der Waals surface area contributed by atoms with Crippen molar-refractivity contribution in [3.8, 4) is 22.8 Å². The summed E-state index contributed by atoms with van der Waals surface area (Å²) < 4.78 is 23.7. The number of amides is 2. The smallest absolute Gasteiger partial charge is 0.255 e. The molecule has 2 amide bonds. The molecular formula is C27H24FN3O4S2. The third-order valence-electron chi connectivity index (χ3n) is 5.29. The summed E-state index contributed by atoms with van der Waals surface area (Å²) in [5.41, 5.74) is 2.48. The van der Waals surface area contributed by atoms with E-state index >= 15 is 0 Å². The van der Waals surface area contributed by atoms with Crippen LogP contribution in [0.1, 0.15) is 17.3 Å². The first-order valence-corrected chi connectivity index (χ1v) is 12.9. The molecule has 0 aliphatic heterocycles. The number of thioether (sulfide) groups is 1. The van der Waals surface area contributed by atoms with Gasteiger partial charge in [-0.2, -0.15) is 0 Å². The number of halogens is 1. The predicted molar refractivity (Wildman–Crippen MR) is 145 cm³/mol. The zero-order valence-electron chi connectivity index (χ0n) is 20.3. The second-order valence-corrected chi connectivity index (χ2v) is 10.1. The number of carbonyl (C=O) groups is 2. The first-order chi connectivity index (χ1) is 17.9. The molecule has 0 radical (unpaired) electrons. The summed E-state index contributed by atoms with van der Waals surface area (Å²) >= 11 is 2.69. The van der Waals surface area contributed by atoms with E-state index in [1.54, 1.807) is 45.4 Å². The van der Waals surface area contributed by atoms with E-state index in [2.05, 4.69) is 15.6 Å². The number of rotatable bonds is 9. The van der Waals surface area contributed by atoms with Crippen molar-refractivity contribution in [2.75, 3.05) is 24.9 Å². The minimum Gasteiger partial charge on any atom is -0.493 e. The molecule has 4 rings (SSSR count). The zero-order chi connectivity index (χ0) is 26.4. The molecule has 1 unspecified atom stereocenters. The van der Waals surface area contributed by atoms with Crippen molar-refractivity contribution in [1.29, 1.82) is 0 Å². The summed E-state index contributed by atoms with van der Waals surface area (Å²) in [6.45, 7) is 1.80. The maximum atomic E-state index is 13.1. The van der Waals surface area contributed by atoms with Crippen LogP contribution in [-0.2, 0) is 4.79 Å². The molecule has 37 heavy (non-hydrogen) atoms. The number of hydrogen-bond donors (Lipinski definition) is 2. The summed E-state index contributed by atoms with van der Waals surface area (Å²) in [7, 11) is 3.15. The van der Waals surface area contributed by atoms with Gasteiger partial charge in [0.1, 0.15) is 5.82 Å². The van der Waals surface area contributed by atoms with Crippen molar-refractivity contribution in [2.24, 2.45) is 0 Å². The SMILES string of the molecule is COc1ccc(-c2csc(NC(=O)C(C)Sc3cccc(NC(=O)c4ccc(F)cc4)c3)n2)cc1OC. The molecule has 10 heteroatoms. The summed E-state index contributed by atoms with van der Waals surface area (Å²) in [6, 6.07) is 18.0. The van der Waals surface area contributed by atoms with E-state index in [1.807, 2.05) is 23.6 Å². The van der Waals surface area contributed by atoms with Crippen LogP contribution in [0, 0.1) is 5.82 Å². The Morgan fingerprint density at radius 1 is 0.973 bits per heavy atom. The second kappa shape index (κ2) is 11.9. The van der Waals surface area contributed by atoms with Gasteiger partial charge in [0.05, 0.1) is 25.2 Å². The Hall–Kier alpha value is -3.89. The third-order valence-corrected chi connectivity index (χ3v) is 7.15. The van der Waals surface area contributed by atoms with E-state index < -0.39 is 11.1 Å². The molecule has 0 fully saturated rings. The molecule has 7 nitrogen and oxygen atoms in total. The quantitative estimate of drug-likeness (QED) is 0.242. The molecule has 0 aliphatic carbocycles. The molecule has 1 aromatic heterocycles. The van der Waals surface area contributed by atoms with Gasteiger partial charge in [-0.05, 0) is 67.6 Å². The van der Waals surface area contributed by atoms with Gasteiger partial charge < -0.3 is 20.1 Å². The highest BCUT2D eigenvalue weighted by Gasteiger charge is 2.17. The molecule has 1 atom stereocenters. The number of nitrogens with one attached hydrogen (secondary N) is 2. The summed E-state index contributed by atoms with van der Waals surface area (Å²) in [5, 5.41) is 7.59. The number of benzene rings is 3. The van der Waals surface area contributed by atoms with E-state index in [1.165, 1.54) is 47.4 Å². The minimum absolute atomic E-state index is 0.195. The molecule has 0 aliphatic rings. The Labute approximate surface area is 222 Å². The first-order valence-electron chi connectivity index (χ1n) is 11.2. The number of thiazole rings is 1. The van der Waals surface area contributed by atoms with Gasteiger partial charge >= 0.3 is 0 Å². The van der Waals surface area contributed by atoms with Crippen molar-refractivity contribution < 1.29 is 23.5 Å². The maximum absolute atomic E-state index is 13.1. The third kappa shape index (κ3) is 6.66. The second-order valence-electron chi connectivity index (χ2n) is 7.85. The Morgan fingerprint density at radius 3 is 2.46 bits per heavy atom. The number of anilines is 2. The lowest BCUT2D eigenvalue weighted by atomic mass is 10.1. The van der Waals surface area contributed by atoms with Gasteiger partial charge in [0.15, 0.2) is 16.6 Å². The lowest BCUT2D eigenvalue weighted by Crippen LogP contribution is -2.22. The van der Waals surface area contributed by atoms with Crippen molar-refractivity contribution in [2.45, 2.75) is 17.1 Å². The molecule has 0 saturated heterocycles. The van der Waals surface area contributed by atoms with Gasteiger partial charge in [0, 0.05) is 27.1 Å². The highest BCUT2D eigenvalue weighted by molar-refractivity contribution is 8.00. The van der Waals surface area contributed by atoms with Crippen LogP contribution in [0.3, 0.4) is 0 Å². The van der Waals surface area contributed by atoms with Crippen LogP contribution in [0.4, 0.5) is 15.2 Å². The average Bonchev–Trinajstić information content (AvgIpc) is 3.37. The minimum atomic E-state index is -0.420. The Kier molecular flexibility index (Phi) is 8.42. The number of methoxy groups -OCH3 is 2. The average molecular weight is 538 g/mol. The van der Waals surface area contributed by atoms with Gasteiger partial charge in [-0.1, -0.05) is 6.07 Å². The number of hydrogen-bond acceptors (Lipinski definition) is 7. The van der Waals surface area contributed by atoms with Crippen LogP contribution in [0.2, 0.25) is 0 Å². The molecule has 3 aromatic carbocycles. The van der Waals surface area contributed by atoms with Crippen molar-refractivity contribution in [3.63, 3.8) is 0 Å². The standard InChI is InChI=1S/C27H24FN3O4S2/c1-16(37-21-6-4-5-20(14-21)29-26(33)17-7-10-19(28)11-8-17)25(32)31-27-30-22(15-36-27)18-9-12-23(34-2)24(13-18)35-3/h4-16H,1-3H3,(H,29,33)(H,30,31,32). The Bertz CT molecular complexity index is 1410. The Balaban J connectivity index is 1.37. The fourth-order valence-corrected chi connectivity index (χ4v) is 5.02. The van der Waals surface area contributed by atoms with E-state index in [0.717, 1.165) is 10.5 Å². The van der Waals surface area contributed by atoms with Gasteiger partial charge in [-0.25, -0.2) is 9.37 Å². The summed E-state index contributed by atoms with van der Waals surface area (Å²) in [5.74, 6) is 0.276. The number of nitrogens with zero attached hydrogens (tertiary/aromatic N) is 1. The van der Waals surface area contributed by atoms with E-state index in [4.69, 9.17) is 9.47 Å². The lowest BCUT2D eigenvalue weighted by molar-refractivity contribution is -0.115. The van der Waals surface area contributed by atoms with Crippen molar-refractivity contribution in [3.05, 3.63) is 83.5 Å². The summed E-state index contributed by atoms with van der Waals surface area (Å²) in [6.07, 6.45) is 0. The van der Waals surface area contributed by atoms with E-state index in [-0.39, 0.29) is 11.8 Å². The van der Waals surface area contributed by atoms with Crippen molar-refractivity contribution in [1.82, 2.24) is 4.98 Å². The number of ether oxygens (including phenoxy) is 2. The predicted octanol–water partition coefficient (Wildman–Crippen LogP) is 6.34. The monoisotopic (exact) mass is 537 g/mol. The number of aromatic nitrogens is 1. The van der Waals surface area contributed by atoms with Gasteiger partial charge in [-0.15, -0.1) is 23.1 Å². The molecule has 190 valence electrons. The molecule has 1 heterocycles. The van der Waals surface area contributed by atoms with Gasteiger partial charge in [0.25, 0.3) is 5.91 Å². The van der Waals surface area contributed by atoms with Crippen molar-refractivity contribution >= 4 is 45.7 Å². The van der Waals surface area contributed by atoms with Crippen LogP contribution in [0.15, 0.2) is 77.0 Å². The first kappa shape index (κ1) is 26.2. The van der Waals surface area contributed by atoms with Crippen LogP contribution in [0.25, 0.3) is 11.3 Å². The van der Waals surface area contributed by atoms with E-state index in [0.29, 0.717) is 33.6 Å². The molecular weight excluding hydrogens is 513 g/mol. The van der Waals surface area contributed by atoms with Crippen LogP contribution < -0.4 is 20.1 Å². The number of carbonyl (C=O) groups excluding carboxylic acids is 2. The van der Waals surface area contributed by atoms with E-state index in [9.17, 15) is 14.0 Å². The highest BCUT2D eigenvalue weighted by atomic mass is 32.2. The molecule has 4 aromatic rings.